The SMILES string of the molecule is COc1ccccc1-n1c(CNC(=O)c2ccccc2F)nnc1SCc1ccc(C(F)(F)F)cc1. The summed E-state index contributed by atoms with van der Waals surface area (Å²) in [4.78, 5) is 12.5. The van der Waals surface area contributed by atoms with Crippen molar-refractivity contribution in [2.75, 3.05) is 7.11 Å². The summed E-state index contributed by atoms with van der Waals surface area (Å²) in [5.41, 5.74) is 0.450. The van der Waals surface area contributed by atoms with Crippen molar-refractivity contribution in [3.8, 4) is 11.4 Å². The minimum atomic E-state index is -4.41. The Kier molecular flexibility index (Phi) is 7.58. The van der Waals surface area contributed by atoms with Gasteiger partial charge in [0.2, 0.25) is 0 Å². The molecule has 11 heteroatoms. The second-order valence-electron chi connectivity index (χ2n) is 7.55. The number of methoxy groups -OCH3 is 1. The summed E-state index contributed by atoms with van der Waals surface area (Å²) < 4.78 is 59.7. The third-order valence-electron chi connectivity index (χ3n) is 5.20. The van der Waals surface area contributed by atoms with Crippen LogP contribution in [0.25, 0.3) is 5.69 Å². The van der Waals surface area contributed by atoms with Gasteiger partial charge < -0.3 is 10.1 Å². The summed E-state index contributed by atoms with van der Waals surface area (Å²) in [5.74, 6) is -0.0439. The van der Waals surface area contributed by atoms with E-state index in [0.29, 0.717) is 33.7 Å². The minimum absolute atomic E-state index is 0.0565. The molecule has 1 amide bonds. The predicted octanol–water partition coefficient (Wildman–Crippen LogP) is 5.66. The number of nitrogens with zero attached hydrogens (tertiary/aromatic N) is 3. The lowest BCUT2D eigenvalue weighted by atomic mass is 10.1. The maximum absolute atomic E-state index is 14.0. The third-order valence-corrected chi connectivity index (χ3v) is 6.20. The van der Waals surface area contributed by atoms with Crippen molar-refractivity contribution in [2.45, 2.75) is 23.6 Å². The molecule has 0 saturated heterocycles. The number of thioether (sulfide) groups is 1. The second kappa shape index (κ2) is 10.8. The first kappa shape index (κ1) is 25.2. The first-order valence-electron chi connectivity index (χ1n) is 10.7. The van der Waals surface area contributed by atoms with Crippen LogP contribution in [0.5, 0.6) is 5.75 Å². The highest BCUT2D eigenvalue weighted by molar-refractivity contribution is 7.98. The average molecular weight is 517 g/mol. The molecular weight excluding hydrogens is 496 g/mol. The van der Waals surface area contributed by atoms with Crippen LogP contribution in [0.4, 0.5) is 17.6 Å². The van der Waals surface area contributed by atoms with E-state index >= 15 is 0 Å². The molecule has 0 aliphatic heterocycles. The number of carbonyl (C=O) groups excluding carboxylic acids is 1. The van der Waals surface area contributed by atoms with E-state index < -0.39 is 23.5 Å². The molecule has 0 atom stereocenters. The Morgan fingerprint density at radius 1 is 1.00 bits per heavy atom. The van der Waals surface area contributed by atoms with E-state index in [1.54, 1.807) is 34.9 Å². The molecule has 4 aromatic rings. The largest absolute Gasteiger partial charge is 0.495 e. The van der Waals surface area contributed by atoms with Gasteiger partial charge in [-0.1, -0.05) is 48.2 Å². The van der Waals surface area contributed by atoms with Gasteiger partial charge in [0.15, 0.2) is 11.0 Å². The lowest BCUT2D eigenvalue weighted by molar-refractivity contribution is -0.137. The summed E-state index contributed by atoms with van der Waals surface area (Å²) in [7, 11) is 1.51. The number of ether oxygens (including phenoxy) is 1. The summed E-state index contributed by atoms with van der Waals surface area (Å²) in [6.07, 6.45) is -4.41. The van der Waals surface area contributed by atoms with Crippen LogP contribution >= 0.6 is 11.8 Å². The van der Waals surface area contributed by atoms with Gasteiger partial charge in [0.25, 0.3) is 5.91 Å². The van der Waals surface area contributed by atoms with Crippen molar-refractivity contribution in [1.82, 2.24) is 20.1 Å². The third kappa shape index (κ3) is 5.68. The van der Waals surface area contributed by atoms with E-state index in [0.717, 1.165) is 12.1 Å². The molecule has 0 radical (unpaired) electrons. The number of benzene rings is 3. The van der Waals surface area contributed by atoms with Crippen molar-refractivity contribution in [3.63, 3.8) is 0 Å². The lowest BCUT2D eigenvalue weighted by Crippen LogP contribution is -2.25. The molecule has 4 rings (SSSR count). The van der Waals surface area contributed by atoms with E-state index in [1.807, 2.05) is 0 Å². The highest BCUT2D eigenvalue weighted by atomic mass is 32.2. The molecule has 1 aromatic heterocycles. The first-order valence-corrected chi connectivity index (χ1v) is 11.7. The van der Waals surface area contributed by atoms with Gasteiger partial charge in [-0.15, -0.1) is 10.2 Å². The van der Waals surface area contributed by atoms with Gasteiger partial charge in [-0.3, -0.25) is 9.36 Å². The molecule has 0 fully saturated rings. The van der Waals surface area contributed by atoms with Gasteiger partial charge in [0.1, 0.15) is 11.6 Å². The van der Waals surface area contributed by atoms with E-state index in [4.69, 9.17) is 4.74 Å². The molecule has 186 valence electrons. The highest BCUT2D eigenvalue weighted by Crippen LogP contribution is 2.32. The Bertz CT molecular complexity index is 1360. The number of alkyl halides is 3. The van der Waals surface area contributed by atoms with Gasteiger partial charge in [0, 0.05) is 5.75 Å². The van der Waals surface area contributed by atoms with Crippen LogP contribution in [-0.2, 0) is 18.5 Å². The Morgan fingerprint density at radius 2 is 1.69 bits per heavy atom. The summed E-state index contributed by atoms with van der Waals surface area (Å²) in [6, 6.07) is 17.6. The fourth-order valence-corrected chi connectivity index (χ4v) is 4.32. The van der Waals surface area contributed by atoms with Crippen LogP contribution in [0.15, 0.2) is 78.0 Å². The molecule has 1 heterocycles. The smallest absolute Gasteiger partial charge is 0.416 e. The number of carbonyl (C=O) groups is 1. The van der Waals surface area contributed by atoms with E-state index in [9.17, 15) is 22.4 Å². The van der Waals surface area contributed by atoms with Crippen LogP contribution < -0.4 is 10.1 Å². The maximum Gasteiger partial charge on any atom is 0.416 e. The van der Waals surface area contributed by atoms with Crippen molar-refractivity contribution in [3.05, 3.63) is 101 Å². The number of halogens is 4. The van der Waals surface area contributed by atoms with Crippen LogP contribution in [-0.4, -0.2) is 27.8 Å². The van der Waals surface area contributed by atoms with E-state index in [1.165, 1.54) is 49.2 Å². The van der Waals surface area contributed by atoms with Crippen molar-refractivity contribution >= 4 is 17.7 Å². The summed E-state index contributed by atoms with van der Waals surface area (Å²) in [5, 5.41) is 11.5. The van der Waals surface area contributed by atoms with Crippen molar-refractivity contribution < 1.29 is 27.1 Å². The molecule has 0 bridgehead atoms. The number of nitrogens with one attached hydrogen (secondary N) is 1. The number of hydrogen-bond acceptors (Lipinski definition) is 5. The van der Waals surface area contributed by atoms with Gasteiger partial charge >= 0.3 is 6.18 Å². The van der Waals surface area contributed by atoms with Crippen LogP contribution in [0.1, 0.15) is 27.3 Å². The normalized spacial score (nSPS) is 11.4. The molecule has 0 aliphatic carbocycles. The molecule has 6 nitrogen and oxygen atoms in total. The maximum atomic E-state index is 14.0. The molecule has 1 N–H and O–H groups in total. The number of amides is 1. The minimum Gasteiger partial charge on any atom is -0.495 e. The number of hydrogen-bond donors (Lipinski definition) is 1. The first-order chi connectivity index (χ1) is 17.3. The Hall–Kier alpha value is -3.86. The zero-order valence-electron chi connectivity index (χ0n) is 18.9. The van der Waals surface area contributed by atoms with Crippen molar-refractivity contribution in [2.24, 2.45) is 0 Å². The van der Waals surface area contributed by atoms with Gasteiger partial charge in [-0.2, -0.15) is 13.2 Å². The van der Waals surface area contributed by atoms with Gasteiger partial charge in [0.05, 0.1) is 30.5 Å². The lowest BCUT2D eigenvalue weighted by Gasteiger charge is -2.14. The van der Waals surface area contributed by atoms with Crippen LogP contribution in [0.3, 0.4) is 0 Å². The Labute approximate surface area is 208 Å². The fourth-order valence-electron chi connectivity index (χ4n) is 3.40. The van der Waals surface area contributed by atoms with Crippen molar-refractivity contribution in [1.29, 1.82) is 0 Å². The van der Waals surface area contributed by atoms with Crippen LogP contribution in [0, 0.1) is 5.82 Å². The number of aromatic nitrogens is 3. The molecule has 0 spiro atoms. The molecule has 0 saturated carbocycles. The average Bonchev–Trinajstić information content (AvgIpc) is 3.28. The predicted molar refractivity (Wildman–Crippen MR) is 126 cm³/mol. The highest BCUT2D eigenvalue weighted by Gasteiger charge is 2.30. The Balaban J connectivity index is 1.59. The monoisotopic (exact) mass is 516 g/mol. The van der Waals surface area contributed by atoms with Gasteiger partial charge in [-0.25, -0.2) is 4.39 Å². The van der Waals surface area contributed by atoms with Crippen LogP contribution in [0.2, 0.25) is 0 Å². The standard InChI is InChI=1S/C25H20F4N4O2S/c1-35-21-9-5-4-8-20(21)33-22(14-30-23(34)18-6-2-3-7-19(18)26)31-32-24(33)36-15-16-10-12-17(13-11-16)25(27,28)29/h2-13H,14-15H2,1H3,(H,30,34). The summed E-state index contributed by atoms with van der Waals surface area (Å²) in [6.45, 7) is -0.0565. The van der Waals surface area contributed by atoms with Gasteiger partial charge in [-0.05, 0) is 42.0 Å². The fraction of sp³-hybridized carbons (Fsp3) is 0.160. The number of rotatable bonds is 8. The van der Waals surface area contributed by atoms with E-state index in [2.05, 4.69) is 15.5 Å². The quantitative estimate of drug-likeness (QED) is 0.242. The molecule has 0 unspecified atom stereocenters. The number of para-hydroxylation sites is 2. The Morgan fingerprint density at radius 3 is 2.39 bits per heavy atom. The zero-order chi connectivity index (χ0) is 25.7. The molecule has 3 aromatic carbocycles. The molecule has 0 aliphatic rings. The zero-order valence-corrected chi connectivity index (χ0v) is 19.7. The van der Waals surface area contributed by atoms with E-state index in [-0.39, 0.29) is 12.1 Å². The second-order valence-corrected chi connectivity index (χ2v) is 8.49. The summed E-state index contributed by atoms with van der Waals surface area (Å²) >= 11 is 1.26. The molecular formula is C25H20F4N4O2S. The molecule has 36 heavy (non-hydrogen) atoms. The topological polar surface area (TPSA) is 69.0 Å².